The summed E-state index contributed by atoms with van der Waals surface area (Å²) in [6, 6.07) is 4.70. The smallest absolute Gasteiger partial charge is 0.347 e. The maximum Gasteiger partial charge on any atom is 0.347 e. The Bertz CT molecular complexity index is 549. The first-order chi connectivity index (χ1) is 9.60. The van der Waals surface area contributed by atoms with Crippen LogP contribution in [0.15, 0.2) is 24.3 Å². The van der Waals surface area contributed by atoms with Gasteiger partial charge in [0, 0.05) is 12.5 Å². The third-order valence-corrected chi connectivity index (χ3v) is 2.76. The van der Waals surface area contributed by atoms with Crippen molar-refractivity contribution in [2.75, 3.05) is 13.7 Å². The van der Waals surface area contributed by atoms with Crippen molar-refractivity contribution in [2.45, 2.75) is 12.5 Å². The number of carbonyl (C=O) groups is 2. The topological polar surface area (TPSA) is 82.1 Å². The van der Waals surface area contributed by atoms with Crippen LogP contribution >= 0.6 is 0 Å². The van der Waals surface area contributed by atoms with E-state index in [0.29, 0.717) is 17.7 Å². The Morgan fingerprint density at radius 1 is 1.50 bits per heavy atom. The monoisotopic (exact) mass is 278 g/mol. The minimum absolute atomic E-state index is 0.0256. The van der Waals surface area contributed by atoms with Gasteiger partial charge in [-0.1, -0.05) is 6.07 Å². The molecule has 6 nitrogen and oxygen atoms in total. The van der Waals surface area contributed by atoms with Crippen molar-refractivity contribution >= 4 is 18.0 Å². The number of hydrogen-bond acceptors (Lipinski definition) is 6. The average molecular weight is 278 g/mol. The molecule has 1 N–H and O–H groups in total. The Kier molecular flexibility index (Phi) is 4.24. The quantitative estimate of drug-likeness (QED) is 0.660. The van der Waals surface area contributed by atoms with E-state index in [1.54, 1.807) is 12.1 Å². The van der Waals surface area contributed by atoms with Gasteiger partial charge in [-0.05, 0) is 23.8 Å². The summed E-state index contributed by atoms with van der Waals surface area (Å²) in [5.74, 6) is -0.834. The van der Waals surface area contributed by atoms with Gasteiger partial charge in [0.05, 0.1) is 13.7 Å². The molecule has 106 valence electrons. The third-order valence-electron chi connectivity index (χ3n) is 2.76. The highest BCUT2D eigenvalue weighted by Crippen LogP contribution is 2.26. The lowest BCUT2D eigenvalue weighted by molar-refractivity contribution is -0.156. The van der Waals surface area contributed by atoms with Crippen LogP contribution in [0.3, 0.4) is 0 Å². The van der Waals surface area contributed by atoms with Crippen LogP contribution in [-0.4, -0.2) is 36.9 Å². The van der Waals surface area contributed by atoms with Gasteiger partial charge in [0.25, 0.3) is 0 Å². The van der Waals surface area contributed by atoms with Gasteiger partial charge in [0.1, 0.15) is 0 Å². The van der Waals surface area contributed by atoms with E-state index >= 15 is 0 Å². The molecule has 1 saturated heterocycles. The highest BCUT2D eigenvalue weighted by molar-refractivity contribution is 5.89. The van der Waals surface area contributed by atoms with Crippen molar-refractivity contribution in [1.29, 1.82) is 0 Å². The number of cyclic esters (lactones) is 1. The largest absolute Gasteiger partial charge is 0.504 e. The van der Waals surface area contributed by atoms with Gasteiger partial charge in [0.15, 0.2) is 11.5 Å². The normalized spacial score (nSPS) is 18.1. The molecule has 0 aliphatic carbocycles. The zero-order chi connectivity index (χ0) is 14.5. The van der Waals surface area contributed by atoms with Gasteiger partial charge in [-0.2, -0.15) is 0 Å². The first kappa shape index (κ1) is 13.9. The fourth-order valence-corrected chi connectivity index (χ4v) is 1.74. The molecule has 0 radical (unpaired) electrons. The van der Waals surface area contributed by atoms with Crippen LogP contribution in [0.1, 0.15) is 12.0 Å². The van der Waals surface area contributed by atoms with E-state index in [-0.39, 0.29) is 12.4 Å². The van der Waals surface area contributed by atoms with Crippen LogP contribution < -0.4 is 4.74 Å². The number of methoxy groups -OCH3 is 1. The van der Waals surface area contributed by atoms with E-state index in [1.165, 1.54) is 25.3 Å². The van der Waals surface area contributed by atoms with Crippen molar-refractivity contribution in [3.63, 3.8) is 0 Å². The van der Waals surface area contributed by atoms with Crippen LogP contribution in [0.4, 0.5) is 0 Å². The third kappa shape index (κ3) is 3.28. The predicted octanol–water partition coefficient (Wildman–Crippen LogP) is 1.27. The van der Waals surface area contributed by atoms with Crippen LogP contribution in [0.25, 0.3) is 6.08 Å². The number of ether oxygens (including phenoxy) is 3. The minimum Gasteiger partial charge on any atom is -0.504 e. The molecule has 1 aromatic carbocycles. The number of esters is 2. The molecule has 6 heteroatoms. The molecule has 0 bridgehead atoms. The lowest BCUT2D eigenvalue weighted by atomic mass is 10.2. The number of carbonyl (C=O) groups excluding carboxylic acids is 2. The number of aromatic hydroxyl groups is 1. The summed E-state index contributed by atoms with van der Waals surface area (Å²) in [5.41, 5.74) is 0.606. The predicted molar refractivity (Wildman–Crippen MR) is 69.1 cm³/mol. The van der Waals surface area contributed by atoms with Crippen LogP contribution in [-0.2, 0) is 19.1 Å². The highest BCUT2D eigenvalue weighted by atomic mass is 16.6. The molecule has 1 aromatic rings. The molecule has 1 heterocycles. The van der Waals surface area contributed by atoms with E-state index in [2.05, 4.69) is 4.74 Å². The fraction of sp³-hybridized carbons (Fsp3) is 0.286. The summed E-state index contributed by atoms with van der Waals surface area (Å²) < 4.78 is 14.5. The van der Waals surface area contributed by atoms with E-state index in [9.17, 15) is 14.7 Å². The summed E-state index contributed by atoms with van der Waals surface area (Å²) in [7, 11) is 1.45. The van der Waals surface area contributed by atoms with Gasteiger partial charge in [0.2, 0.25) is 6.10 Å². The van der Waals surface area contributed by atoms with Gasteiger partial charge in [-0.25, -0.2) is 9.59 Å². The maximum atomic E-state index is 11.5. The zero-order valence-electron chi connectivity index (χ0n) is 10.9. The van der Waals surface area contributed by atoms with Gasteiger partial charge in [-0.15, -0.1) is 0 Å². The summed E-state index contributed by atoms with van der Waals surface area (Å²) in [6.07, 6.45) is 2.22. The molecule has 1 aliphatic rings. The molecule has 1 aliphatic heterocycles. The number of rotatable bonds is 4. The first-order valence-corrected chi connectivity index (χ1v) is 6.02. The molecule has 0 saturated carbocycles. The van der Waals surface area contributed by atoms with Crippen LogP contribution in [0.2, 0.25) is 0 Å². The van der Waals surface area contributed by atoms with Crippen molar-refractivity contribution in [3.8, 4) is 11.5 Å². The molecule has 1 unspecified atom stereocenters. The van der Waals surface area contributed by atoms with Crippen molar-refractivity contribution in [1.82, 2.24) is 0 Å². The molecule has 2 rings (SSSR count). The fourth-order valence-electron chi connectivity index (χ4n) is 1.74. The summed E-state index contributed by atoms with van der Waals surface area (Å²) in [6.45, 7) is 0.271. The van der Waals surface area contributed by atoms with E-state index in [1.807, 2.05) is 0 Å². The van der Waals surface area contributed by atoms with E-state index in [4.69, 9.17) is 9.47 Å². The Labute approximate surface area is 115 Å². The van der Waals surface area contributed by atoms with Gasteiger partial charge in [-0.3, -0.25) is 0 Å². The second-order valence-electron chi connectivity index (χ2n) is 4.15. The number of phenolic OH excluding ortho intramolecular Hbond substituents is 1. The number of hydrogen-bond donors (Lipinski definition) is 1. The van der Waals surface area contributed by atoms with Crippen molar-refractivity contribution in [3.05, 3.63) is 29.8 Å². The second kappa shape index (κ2) is 6.10. The SMILES string of the molecule is COc1ccc(/C=C/C(=O)OC2CCOC2=O)cc1O. The Morgan fingerprint density at radius 2 is 2.30 bits per heavy atom. The van der Waals surface area contributed by atoms with Crippen LogP contribution in [0, 0.1) is 0 Å². The maximum absolute atomic E-state index is 11.5. The van der Waals surface area contributed by atoms with Gasteiger partial charge >= 0.3 is 11.9 Å². The first-order valence-electron chi connectivity index (χ1n) is 6.02. The van der Waals surface area contributed by atoms with E-state index in [0.717, 1.165) is 0 Å². The summed E-state index contributed by atoms with van der Waals surface area (Å²) >= 11 is 0. The Balaban J connectivity index is 1.96. The lowest BCUT2D eigenvalue weighted by Crippen LogP contribution is -2.21. The Morgan fingerprint density at radius 3 is 2.90 bits per heavy atom. The van der Waals surface area contributed by atoms with Gasteiger partial charge < -0.3 is 19.3 Å². The Hall–Kier alpha value is -2.50. The lowest BCUT2D eigenvalue weighted by Gasteiger charge is -2.05. The summed E-state index contributed by atoms with van der Waals surface area (Å²) in [4.78, 5) is 22.7. The zero-order valence-corrected chi connectivity index (χ0v) is 10.9. The molecule has 1 fully saturated rings. The molecule has 20 heavy (non-hydrogen) atoms. The molecular formula is C14H14O6. The van der Waals surface area contributed by atoms with Crippen molar-refractivity contribution in [2.24, 2.45) is 0 Å². The highest BCUT2D eigenvalue weighted by Gasteiger charge is 2.29. The average Bonchev–Trinajstić information content (AvgIpc) is 2.82. The van der Waals surface area contributed by atoms with Crippen LogP contribution in [0.5, 0.6) is 11.5 Å². The van der Waals surface area contributed by atoms with E-state index < -0.39 is 18.0 Å². The van der Waals surface area contributed by atoms with Crippen molar-refractivity contribution < 1.29 is 28.9 Å². The molecule has 0 aromatic heterocycles. The second-order valence-corrected chi connectivity index (χ2v) is 4.15. The summed E-state index contributed by atoms with van der Waals surface area (Å²) in [5, 5.41) is 9.58. The number of benzene rings is 1. The molecule has 0 spiro atoms. The minimum atomic E-state index is -0.823. The molecular weight excluding hydrogens is 264 g/mol. The standard InChI is InChI=1S/C14H14O6/c1-18-11-4-2-9(8-10(11)15)3-5-13(16)20-12-6-7-19-14(12)17/h2-5,8,12,15H,6-7H2,1H3/b5-3+. The molecule has 0 amide bonds. The molecule has 1 atom stereocenters. The number of phenols is 1.